The van der Waals surface area contributed by atoms with Gasteiger partial charge in [-0.15, -0.1) is 0 Å². The van der Waals surface area contributed by atoms with E-state index in [-0.39, 0.29) is 0 Å². The van der Waals surface area contributed by atoms with E-state index in [0.717, 1.165) is 19.0 Å². The zero-order chi connectivity index (χ0) is 10.4. The molecule has 82 valence electrons. The molecule has 0 amide bonds. The third-order valence-corrected chi connectivity index (χ3v) is 2.92. The number of rotatable bonds is 5. The maximum absolute atomic E-state index is 8.38. The standard InChI is InChI=1S/C10H21N3O/c1-13(7-6-10(11)12-14)8-9-4-2-3-5-9/h9,14H,2-8H2,1H3,(H2,11,12). The van der Waals surface area contributed by atoms with E-state index in [1.165, 1.54) is 25.7 Å². The molecule has 1 saturated carbocycles. The van der Waals surface area contributed by atoms with Crippen LogP contribution in [0.15, 0.2) is 5.16 Å². The van der Waals surface area contributed by atoms with Gasteiger partial charge in [-0.05, 0) is 25.8 Å². The Kier molecular flexibility index (Phi) is 4.73. The van der Waals surface area contributed by atoms with Crippen LogP contribution in [-0.2, 0) is 0 Å². The lowest BCUT2D eigenvalue weighted by molar-refractivity contribution is 0.281. The predicted molar refractivity (Wildman–Crippen MR) is 57.5 cm³/mol. The van der Waals surface area contributed by atoms with E-state index in [4.69, 9.17) is 10.9 Å². The van der Waals surface area contributed by atoms with Gasteiger partial charge in [0.2, 0.25) is 0 Å². The Morgan fingerprint density at radius 1 is 1.50 bits per heavy atom. The van der Waals surface area contributed by atoms with Crippen LogP contribution in [0.4, 0.5) is 0 Å². The second-order valence-corrected chi connectivity index (χ2v) is 4.25. The topological polar surface area (TPSA) is 61.8 Å². The lowest BCUT2D eigenvalue weighted by Gasteiger charge is -2.20. The molecule has 0 aliphatic heterocycles. The van der Waals surface area contributed by atoms with Crippen molar-refractivity contribution in [3.8, 4) is 0 Å². The highest BCUT2D eigenvalue weighted by atomic mass is 16.4. The van der Waals surface area contributed by atoms with Crippen LogP contribution in [0.2, 0.25) is 0 Å². The predicted octanol–water partition coefficient (Wildman–Crippen LogP) is 1.24. The molecular weight excluding hydrogens is 178 g/mol. The van der Waals surface area contributed by atoms with Gasteiger partial charge >= 0.3 is 0 Å². The minimum Gasteiger partial charge on any atom is -0.409 e. The Balaban J connectivity index is 2.11. The van der Waals surface area contributed by atoms with Crippen molar-refractivity contribution in [2.45, 2.75) is 32.1 Å². The second-order valence-electron chi connectivity index (χ2n) is 4.25. The largest absolute Gasteiger partial charge is 0.409 e. The number of hydrogen-bond acceptors (Lipinski definition) is 3. The maximum atomic E-state index is 8.38. The highest BCUT2D eigenvalue weighted by molar-refractivity contribution is 5.79. The Hall–Kier alpha value is -0.770. The van der Waals surface area contributed by atoms with Crippen LogP contribution in [0.25, 0.3) is 0 Å². The molecule has 1 aliphatic carbocycles. The quantitative estimate of drug-likeness (QED) is 0.303. The van der Waals surface area contributed by atoms with Crippen molar-refractivity contribution in [2.24, 2.45) is 16.8 Å². The summed E-state index contributed by atoms with van der Waals surface area (Å²) in [7, 11) is 2.10. The Morgan fingerprint density at radius 3 is 2.71 bits per heavy atom. The summed E-state index contributed by atoms with van der Waals surface area (Å²) in [6.45, 7) is 2.03. The molecule has 1 fully saturated rings. The molecule has 0 bridgehead atoms. The van der Waals surface area contributed by atoms with Gasteiger partial charge in [0, 0.05) is 19.5 Å². The molecule has 1 rings (SSSR count). The fourth-order valence-electron chi connectivity index (χ4n) is 2.08. The van der Waals surface area contributed by atoms with Crippen molar-refractivity contribution >= 4 is 5.84 Å². The molecule has 3 N–H and O–H groups in total. The number of amidine groups is 1. The van der Waals surface area contributed by atoms with Gasteiger partial charge in [-0.2, -0.15) is 0 Å². The summed E-state index contributed by atoms with van der Waals surface area (Å²) in [6.07, 6.45) is 6.17. The highest BCUT2D eigenvalue weighted by Crippen LogP contribution is 2.24. The summed E-state index contributed by atoms with van der Waals surface area (Å²) in [5.41, 5.74) is 5.40. The van der Waals surface area contributed by atoms with Gasteiger partial charge in [0.1, 0.15) is 5.84 Å². The molecule has 0 aromatic rings. The molecular formula is C10H21N3O. The normalized spacial score (nSPS) is 19.4. The molecule has 14 heavy (non-hydrogen) atoms. The molecule has 0 unspecified atom stereocenters. The van der Waals surface area contributed by atoms with E-state index < -0.39 is 0 Å². The first-order valence-electron chi connectivity index (χ1n) is 5.37. The van der Waals surface area contributed by atoms with Gasteiger partial charge in [0.25, 0.3) is 0 Å². The smallest absolute Gasteiger partial charge is 0.140 e. The number of nitrogens with two attached hydrogens (primary N) is 1. The van der Waals surface area contributed by atoms with Crippen LogP contribution in [0, 0.1) is 5.92 Å². The van der Waals surface area contributed by atoms with Gasteiger partial charge in [0.05, 0.1) is 0 Å². The Labute approximate surface area is 85.8 Å². The first-order chi connectivity index (χ1) is 6.72. The minimum absolute atomic E-state index is 0.322. The number of hydrogen-bond donors (Lipinski definition) is 2. The maximum Gasteiger partial charge on any atom is 0.140 e. The van der Waals surface area contributed by atoms with E-state index in [1.807, 2.05) is 0 Å². The zero-order valence-electron chi connectivity index (χ0n) is 8.95. The van der Waals surface area contributed by atoms with Crippen LogP contribution in [0.5, 0.6) is 0 Å². The highest BCUT2D eigenvalue weighted by Gasteiger charge is 2.16. The molecule has 0 atom stereocenters. The summed E-state index contributed by atoms with van der Waals surface area (Å²) in [5, 5.41) is 11.3. The molecule has 4 nitrogen and oxygen atoms in total. The molecule has 0 spiro atoms. The monoisotopic (exact) mass is 199 g/mol. The third kappa shape index (κ3) is 3.96. The van der Waals surface area contributed by atoms with Crippen molar-refractivity contribution < 1.29 is 5.21 Å². The van der Waals surface area contributed by atoms with Gasteiger partial charge in [-0.25, -0.2) is 0 Å². The summed E-state index contributed by atoms with van der Waals surface area (Å²) in [5.74, 6) is 1.19. The van der Waals surface area contributed by atoms with Crippen molar-refractivity contribution in [3.63, 3.8) is 0 Å². The van der Waals surface area contributed by atoms with Gasteiger partial charge in [-0.1, -0.05) is 18.0 Å². The molecule has 0 saturated heterocycles. The molecule has 0 heterocycles. The lowest BCUT2D eigenvalue weighted by Crippen LogP contribution is -2.28. The zero-order valence-corrected chi connectivity index (χ0v) is 8.95. The lowest BCUT2D eigenvalue weighted by atomic mass is 10.1. The fraction of sp³-hybridized carbons (Fsp3) is 0.900. The average Bonchev–Trinajstić information content (AvgIpc) is 2.66. The van der Waals surface area contributed by atoms with Crippen molar-refractivity contribution in [1.82, 2.24) is 4.90 Å². The van der Waals surface area contributed by atoms with Crippen LogP contribution >= 0.6 is 0 Å². The fourth-order valence-corrected chi connectivity index (χ4v) is 2.08. The van der Waals surface area contributed by atoms with E-state index in [0.29, 0.717) is 12.3 Å². The SMILES string of the molecule is CN(CCC(N)=NO)CC1CCCC1. The van der Waals surface area contributed by atoms with Gasteiger partial charge < -0.3 is 15.8 Å². The van der Waals surface area contributed by atoms with Crippen molar-refractivity contribution in [1.29, 1.82) is 0 Å². The summed E-state index contributed by atoms with van der Waals surface area (Å²) in [4.78, 5) is 2.27. The Morgan fingerprint density at radius 2 is 2.14 bits per heavy atom. The van der Waals surface area contributed by atoms with Gasteiger partial charge in [-0.3, -0.25) is 0 Å². The molecule has 4 heteroatoms. The molecule has 0 aromatic heterocycles. The molecule has 0 radical (unpaired) electrons. The first-order valence-corrected chi connectivity index (χ1v) is 5.37. The van der Waals surface area contributed by atoms with Crippen LogP contribution in [0.3, 0.4) is 0 Å². The van der Waals surface area contributed by atoms with Crippen molar-refractivity contribution in [2.75, 3.05) is 20.1 Å². The second kappa shape index (κ2) is 5.86. The van der Waals surface area contributed by atoms with E-state index in [1.54, 1.807) is 0 Å². The Bertz CT molecular complexity index is 188. The number of oxime groups is 1. The minimum atomic E-state index is 0.322. The summed E-state index contributed by atoms with van der Waals surface area (Å²) in [6, 6.07) is 0. The average molecular weight is 199 g/mol. The van der Waals surface area contributed by atoms with Crippen LogP contribution in [0.1, 0.15) is 32.1 Å². The van der Waals surface area contributed by atoms with E-state index >= 15 is 0 Å². The first kappa shape index (κ1) is 11.3. The molecule has 0 aromatic carbocycles. The van der Waals surface area contributed by atoms with E-state index in [2.05, 4.69) is 17.1 Å². The van der Waals surface area contributed by atoms with E-state index in [9.17, 15) is 0 Å². The van der Waals surface area contributed by atoms with Crippen molar-refractivity contribution in [3.05, 3.63) is 0 Å². The molecule has 1 aliphatic rings. The summed E-state index contributed by atoms with van der Waals surface area (Å²) < 4.78 is 0. The summed E-state index contributed by atoms with van der Waals surface area (Å²) >= 11 is 0. The van der Waals surface area contributed by atoms with Crippen LogP contribution < -0.4 is 5.73 Å². The third-order valence-electron chi connectivity index (χ3n) is 2.92. The van der Waals surface area contributed by atoms with Crippen LogP contribution in [-0.4, -0.2) is 36.1 Å². The number of nitrogens with zero attached hydrogens (tertiary/aromatic N) is 2. The van der Waals surface area contributed by atoms with Gasteiger partial charge in [0.15, 0.2) is 0 Å².